The molecule has 1 aliphatic carbocycles. The summed E-state index contributed by atoms with van der Waals surface area (Å²) in [5.41, 5.74) is 3.97. The molecule has 3 heterocycles. The van der Waals surface area contributed by atoms with Gasteiger partial charge in [-0.15, -0.1) is 0 Å². The second-order valence-corrected chi connectivity index (χ2v) is 8.06. The molecule has 0 bridgehead atoms. The van der Waals surface area contributed by atoms with Gasteiger partial charge in [-0.25, -0.2) is 4.39 Å². The van der Waals surface area contributed by atoms with Crippen LogP contribution in [0.15, 0.2) is 59.7 Å². The summed E-state index contributed by atoms with van der Waals surface area (Å²) in [6, 6.07) is 13.0. The highest BCUT2D eigenvalue weighted by Crippen LogP contribution is 2.31. The van der Waals surface area contributed by atoms with Gasteiger partial charge in [-0.3, -0.25) is 14.7 Å². The maximum atomic E-state index is 14.5. The molecule has 4 nitrogen and oxygen atoms in total. The number of nitrogens with zero attached hydrogens (tertiary/aromatic N) is 3. The van der Waals surface area contributed by atoms with Crippen molar-refractivity contribution in [2.24, 2.45) is 0 Å². The van der Waals surface area contributed by atoms with Gasteiger partial charge in [0.1, 0.15) is 5.82 Å². The van der Waals surface area contributed by atoms with E-state index in [1.54, 1.807) is 30.6 Å². The van der Waals surface area contributed by atoms with Crippen LogP contribution in [0.2, 0.25) is 0 Å². The average molecular weight is 389 g/mol. The molecular formula is C24H24FN3O. The molecular weight excluding hydrogens is 365 g/mol. The summed E-state index contributed by atoms with van der Waals surface area (Å²) < 4.78 is 16.4. The topological polar surface area (TPSA) is 38.1 Å². The van der Waals surface area contributed by atoms with Gasteiger partial charge in [0.25, 0.3) is 5.56 Å². The lowest BCUT2D eigenvalue weighted by molar-refractivity contribution is 0.111. The number of hydrogen-bond donors (Lipinski definition) is 0. The van der Waals surface area contributed by atoms with Crippen molar-refractivity contribution in [1.29, 1.82) is 0 Å². The summed E-state index contributed by atoms with van der Waals surface area (Å²) in [7, 11) is 0. The van der Waals surface area contributed by atoms with Crippen LogP contribution in [0.3, 0.4) is 0 Å². The largest absolute Gasteiger partial charge is 0.307 e. The first kappa shape index (κ1) is 18.3. The van der Waals surface area contributed by atoms with E-state index in [0.29, 0.717) is 23.7 Å². The van der Waals surface area contributed by atoms with Crippen LogP contribution >= 0.6 is 0 Å². The number of rotatable bonds is 4. The van der Waals surface area contributed by atoms with E-state index >= 15 is 0 Å². The van der Waals surface area contributed by atoms with Crippen molar-refractivity contribution in [3.8, 4) is 11.1 Å². The first-order valence-corrected chi connectivity index (χ1v) is 10.3. The number of hydrogen-bond acceptors (Lipinski definition) is 3. The monoisotopic (exact) mass is 389 g/mol. The zero-order valence-corrected chi connectivity index (χ0v) is 16.4. The van der Waals surface area contributed by atoms with E-state index < -0.39 is 0 Å². The van der Waals surface area contributed by atoms with Gasteiger partial charge in [0, 0.05) is 49.2 Å². The molecule has 0 radical (unpaired) electrons. The Morgan fingerprint density at radius 2 is 1.86 bits per heavy atom. The first-order valence-electron chi connectivity index (χ1n) is 10.3. The Morgan fingerprint density at radius 3 is 2.59 bits per heavy atom. The number of fused-ring (bicyclic) bond motifs is 1. The zero-order valence-electron chi connectivity index (χ0n) is 16.4. The van der Waals surface area contributed by atoms with Crippen molar-refractivity contribution in [3.05, 3.63) is 87.9 Å². The molecule has 0 unspecified atom stereocenters. The van der Waals surface area contributed by atoms with Crippen molar-refractivity contribution in [1.82, 2.24) is 14.5 Å². The molecule has 29 heavy (non-hydrogen) atoms. The second-order valence-electron chi connectivity index (χ2n) is 8.06. The first-order chi connectivity index (χ1) is 14.2. The summed E-state index contributed by atoms with van der Waals surface area (Å²) in [4.78, 5) is 20.0. The summed E-state index contributed by atoms with van der Waals surface area (Å²) in [6.45, 7) is 2.29. The molecule has 1 saturated carbocycles. The van der Waals surface area contributed by atoms with Crippen LogP contribution in [-0.4, -0.2) is 27.0 Å². The Hall–Kier alpha value is -2.79. The normalized spacial score (nSPS) is 17.0. The number of pyridine rings is 2. The number of halogens is 1. The second kappa shape index (κ2) is 7.56. The predicted octanol–water partition coefficient (Wildman–Crippen LogP) is 4.01. The third-order valence-electron chi connectivity index (χ3n) is 6.35. The lowest BCUT2D eigenvalue weighted by Crippen LogP contribution is -2.44. The minimum Gasteiger partial charge on any atom is -0.307 e. The predicted molar refractivity (Wildman–Crippen MR) is 111 cm³/mol. The molecule has 1 aromatic carbocycles. The Bertz CT molecular complexity index is 1090. The highest BCUT2D eigenvalue weighted by atomic mass is 19.1. The van der Waals surface area contributed by atoms with E-state index in [4.69, 9.17) is 0 Å². The molecule has 0 saturated heterocycles. The molecule has 2 aromatic heterocycles. The fraction of sp³-hybridized carbons (Fsp3) is 0.333. The number of aromatic nitrogens is 2. The fourth-order valence-electron chi connectivity index (χ4n) is 4.51. The Morgan fingerprint density at radius 1 is 1.07 bits per heavy atom. The van der Waals surface area contributed by atoms with Gasteiger partial charge in [0.05, 0.1) is 12.1 Å². The highest BCUT2D eigenvalue weighted by Gasteiger charge is 2.30. The summed E-state index contributed by atoms with van der Waals surface area (Å²) in [5, 5.41) is 0. The molecule has 5 heteroatoms. The third kappa shape index (κ3) is 3.40. The quantitative estimate of drug-likeness (QED) is 0.677. The van der Waals surface area contributed by atoms with Gasteiger partial charge < -0.3 is 4.57 Å². The maximum absolute atomic E-state index is 14.5. The smallest absolute Gasteiger partial charge is 0.259 e. The Balaban J connectivity index is 1.63. The van der Waals surface area contributed by atoms with E-state index in [0.717, 1.165) is 36.3 Å². The zero-order chi connectivity index (χ0) is 19.8. The van der Waals surface area contributed by atoms with Crippen molar-refractivity contribution >= 4 is 0 Å². The van der Waals surface area contributed by atoms with Gasteiger partial charge in [-0.1, -0.05) is 24.6 Å². The SMILES string of the molecule is O=c1c(-c2ccccc2F)cc2c(n1Cc1ccncc1)CCN(C1CCC1)C2. The van der Waals surface area contributed by atoms with E-state index in [1.807, 2.05) is 22.8 Å². The van der Waals surface area contributed by atoms with Gasteiger partial charge in [0.2, 0.25) is 0 Å². The summed E-state index contributed by atoms with van der Waals surface area (Å²) in [5.74, 6) is -0.355. The van der Waals surface area contributed by atoms with E-state index in [1.165, 1.54) is 25.3 Å². The average Bonchev–Trinajstić information content (AvgIpc) is 2.70. The van der Waals surface area contributed by atoms with Gasteiger partial charge in [-0.05, 0) is 48.2 Å². The van der Waals surface area contributed by atoms with Crippen molar-refractivity contribution < 1.29 is 4.39 Å². The van der Waals surface area contributed by atoms with Crippen LogP contribution in [-0.2, 0) is 19.5 Å². The van der Waals surface area contributed by atoms with Crippen LogP contribution in [0.5, 0.6) is 0 Å². The highest BCUT2D eigenvalue weighted by molar-refractivity contribution is 5.64. The van der Waals surface area contributed by atoms with Crippen LogP contribution in [0.25, 0.3) is 11.1 Å². The molecule has 0 spiro atoms. The van der Waals surface area contributed by atoms with Crippen LogP contribution in [0.4, 0.5) is 4.39 Å². The molecule has 1 fully saturated rings. The fourth-order valence-corrected chi connectivity index (χ4v) is 4.51. The van der Waals surface area contributed by atoms with E-state index in [9.17, 15) is 9.18 Å². The van der Waals surface area contributed by atoms with E-state index in [2.05, 4.69) is 9.88 Å². The lowest BCUT2D eigenvalue weighted by atomic mass is 9.89. The van der Waals surface area contributed by atoms with E-state index in [-0.39, 0.29) is 11.4 Å². The molecule has 0 atom stereocenters. The van der Waals surface area contributed by atoms with Crippen LogP contribution < -0.4 is 5.56 Å². The number of benzene rings is 1. The molecule has 5 rings (SSSR count). The molecule has 3 aromatic rings. The van der Waals surface area contributed by atoms with Crippen LogP contribution in [0.1, 0.15) is 36.1 Å². The van der Waals surface area contributed by atoms with Gasteiger partial charge >= 0.3 is 0 Å². The Labute approximate surface area is 169 Å². The summed E-state index contributed by atoms with van der Waals surface area (Å²) in [6.07, 6.45) is 8.15. The van der Waals surface area contributed by atoms with Crippen molar-refractivity contribution in [2.45, 2.75) is 44.8 Å². The molecule has 0 N–H and O–H groups in total. The summed E-state index contributed by atoms with van der Waals surface area (Å²) >= 11 is 0. The van der Waals surface area contributed by atoms with Crippen molar-refractivity contribution in [2.75, 3.05) is 6.54 Å². The minimum absolute atomic E-state index is 0.122. The maximum Gasteiger partial charge on any atom is 0.259 e. The van der Waals surface area contributed by atoms with Crippen molar-refractivity contribution in [3.63, 3.8) is 0 Å². The molecule has 0 amide bonds. The minimum atomic E-state index is -0.355. The lowest BCUT2D eigenvalue weighted by Gasteiger charge is -2.41. The van der Waals surface area contributed by atoms with Crippen LogP contribution in [0, 0.1) is 5.82 Å². The molecule has 1 aliphatic heterocycles. The third-order valence-corrected chi connectivity index (χ3v) is 6.35. The Kier molecular flexibility index (Phi) is 4.76. The molecule has 148 valence electrons. The van der Waals surface area contributed by atoms with Gasteiger partial charge in [-0.2, -0.15) is 0 Å². The van der Waals surface area contributed by atoms with Gasteiger partial charge in [0.15, 0.2) is 0 Å². The standard InChI is InChI=1S/C24H24FN3O/c25-22-7-2-1-6-20(22)21-14-18-16-27(19-4-3-5-19)13-10-23(18)28(24(21)29)15-17-8-11-26-12-9-17/h1-2,6-9,11-12,14,19H,3-5,10,13,15-16H2. The molecule has 2 aliphatic rings.